The number of nitrogens with one attached hydrogen (secondary N) is 1. The molecule has 2 heterocycles. The molecule has 6 nitrogen and oxygen atoms in total. The van der Waals surface area contributed by atoms with E-state index in [1.54, 1.807) is 35.0 Å². The van der Waals surface area contributed by atoms with Crippen molar-refractivity contribution in [2.45, 2.75) is 63.5 Å². The molecule has 1 spiro atoms. The third-order valence-electron chi connectivity index (χ3n) is 7.20. The second kappa shape index (κ2) is 8.36. The Kier molecular flexibility index (Phi) is 5.80. The third kappa shape index (κ3) is 3.94. The highest BCUT2D eigenvalue weighted by Crippen LogP contribution is 2.44. The second-order valence-corrected chi connectivity index (χ2v) is 9.06. The molecule has 1 atom stereocenters. The number of carbonyl (C=O) groups excluding carboxylic acids is 3. The van der Waals surface area contributed by atoms with Gasteiger partial charge in [-0.15, -0.1) is 0 Å². The van der Waals surface area contributed by atoms with E-state index in [1.165, 1.54) is 6.07 Å². The monoisotopic (exact) mass is 415 g/mol. The van der Waals surface area contributed by atoms with Gasteiger partial charge in [0.15, 0.2) is 0 Å². The molecule has 162 valence electrons. The largest absolute Gasteiger partial charge is 0.352 e. The van der Waals surface area contributed by atoms with Gasteiger partial charge in [0.2, 0.25) is 17.7 Å². The Morgan fingerprint density at radius 3 is 2.50 bits per heavy atom. The Labute approximate surface area is 176 Å². The smallest absolute Gasteiger partial charge is 0.243 e. The summed E-state index contributed by atoms with van der Waals surface area (Å²) in [6.45, 7) is 0.924. The van der Waals surface area contributed by atoms with Crippen molar-refractivity contribution in [2.24, 2.45) is 5.41 Å². The summed E-state index contributed by atoms with van der Waals surface area (Å²) in [5, 5.41) is 3.12. The van der Waals surface area contributed by atoms with Crippen LogP contribution in [0.3, 0.4) is 0 Å². The summed E-state index contributed by atoms with van der Waals surface area (Å²) in [5.74, 6) is -0.532. The van der Waals surface area contributed by atoms with Gasteiger partial charge < -0.3 is 15.1 Å². The number of carbonyl (C=O) groups is 3. The van der Waals surface area contributed by atoms with Gasteiger partial charge >= 0.3 is 0 Å². The highest BCUT2D eigenvalue weighted by molar-refractivity contribution is 5.94. The summed E-state index contributed by atoms with van der Waals surface area (Å²) in [5.41, 5.74) is -0.176. The van der Waals surface area contributed by atoms with Crippen LogP contribution < -0.4 is 5.32 Å². The summed E-state index contributed by atoms with van der Waals surface area (Å²) in [7, 11) is 1.71. The zero-order chi connectivity index (χ0) is 21.3. The maximum absolute atomic E-state index is 13.9. The third-order valence-corrected chi connectivity index (χ3v) is 7.20. The molecule has 0 aromatic heterocycles. The molecule has 30 heavy (non-hydrogen) atoms. The van der Waals surface area contributed by atoms with Crippen molar-refractivity contribution in [3.8, 4) is 0 Å². The minimum Gasteiger partial charge on any atom is -0.352 e. The molecule has 2 saturated heterocycles. The van der Waals surface area contributed by atoms with E-state index < -0.39 is 11.5 Å². The summed E-state index contributed by atoms with van der Waals surface area (Å²) in [6.07, 6.45) is 5.95. The predicted octanol–water partition coefficient (Wildman–Crippen LogP) is 2.27. The van der Waals surface area contributed by atoms with Crippen LogP contribution in [0.5, 0.6) is 0 Å². The van der Waals surface area contributed by atoms with Gasteiger partial charge in [-0.3, -0.25) is 14.4 Å². The normalized spacial score (nSPS) is 23.9. The molecule has 3 aliphatic rings. The van der Waals surface area contributed by atoms with Crippen LogP contribution in [0.15, 0.2) is 24.3 Å². The average molecular weight is 416 g/mol. The van der Waals surface area contributed by atoms with Crippen LogP contribution in [0.1, 0.15) is 50.5 Å². The first-order chi connectivity index (χ1) is 14.4. The Morgan fingerprint density at radius 1 is 1.17 bits per heavy atom. The number of likely N-dealkylation sites (tertiary alicyclic amines) is 2. The lowest BCUT2D eigenvalue weighted by Crippen LogP contribution is -2.47. The van der Waals surface area contributed by atoms with E-state index in [9.17, 15) is 18.8 Å². The molecule has 1 aromatic carbocycles. The standard InChI is InChI=1S/C23H30FN3O3/c1-26-19(21(29)25-17-7-3-4-8-17)15-23(22(26)30)10-12-27(13-11-23)20(28)14-16-6-2-5-9-18(16)24/h2,5-6,9,17,19H,3-4,7-8,10-15H2,1H3,(H,25,29). The fourth-order valence-corrected chi connectivity index (χ4v) is 5.26. The minimum atomic E-state index is -0.568. The van der Waals surface area contributed by atoms with Crippen molar-refractivity contribution in [1.82, 2.24) is 15.1 Å². The lowest BCUT2D eigenvalue weighted by atomic mass is 9.75. The van der Waals surface area contributed by atoms with E-state index in [-0.39, 0.29) is 36.0 Å². The lowest BCUT2D eigenvalue weighted by molar-refractivity contribution is -0.142. The van der Waals surface area contributed by atoms with Crippen molar-refractivity contribution in [2.75, 3.05) is 20.1 Å². The zero-order valence-electron chi connectivity index (χ0n) is 17.5. The first kappa shape index (κ1) is 20.8. The predicted molar refractivity (Wildman–Crippen MR) is 110 cm³/mol. The van der Waals surface area contributed by atoms with Gasteiger partial charge in [-0.05, 0) is 43.7 Å². The van der Waals surface area contributed by atoms with Gasteiger partial charge in [-0.1, -0.05) is 31.0 Å². The molecule has 1 aromatic rings. The van der Waals surface area contributed by atoms with E-state index in [1.807, 2.05) is 0 Å². The van der Waals surface area contributed by atoms with E-state index >= 15 is 0 Å². The number of rotatable bonds is 4. The highest BCUT2D eigenvalue weighted by Gasteiger charge is 2.53. The van der Waals surface area contributed by atoms with Crippen LogP contribution in [0, 0.1) is 11.2 Å². The molecule has 1 N–H and O–H groups in total. The van der Waals surface area contributed by atoms with Gasteiger partial charge in [-0.25, -0.2) is 4.39 Å². The van der Waals surface area contributed by atoms with E-state index in [0.717, 1.165) is 25.7 Å². The van der Waals surface area contributed by atoms with Crippen molar-refractivity contribution in [3.05, 3.63) is 35.6 Å². The second-order valence-electron chi connectivity index (χ2n) is 9.06. The summed E-state index contributed by atoms with van der Waals surface area (Å²) >= 11 is 0. The number of hydrogen-bond donors (Lipinski definition) is 1. The minimum absolute atomic E-state index is 0.00951. The summed E-state index contributed by atoms with van der Waals surface area (Å²) < 4.78 is 13.9. The van der Waals surface area contributed by atoms with Crippen LogP contribution in [0.25, 0.3) is 0 Å². The van der Waals surface area contributed by atoms with Crippen molar-refractivity contribution in [1.29, 1.82) is 0 Å². The fourth-order valence-electron chi connectivity index (χ4n) is 5.26. The Bertz CT molecular complexity index is 829. The van der Waals surface area contributed by atoms with Crippen LogP contribution in [0.2, 0.25) is 0 Å². The quantitative estimate of drug-likeness (QED) is 0.820. The summed E-state index contributed by atoms with van der Waals surface area (Å²) in [4.78, 5) is 41.8. The van der Waals surface area contributed by atoms with Crippen LogP contribution in [-0.4, -0.2) is 59.7 Å². The lowest BCUT2D eigenvalue weighted by Gasteiger charge is -2.37. The molecule has 3 fully saturated rings. The molecule has 0 radical (unpaired) electrons. The molecule has 4 rings (SSSR count). The first-order valence-electron chi connectivity index (χ1n) is 11.0. The molecule has 1 unspecified atom stereocenters. The zero-order valence-corrected chi connectivity index (χ0v) is 17.5. The SMILES string of the molecule is CN1C(=O)C2(CCN(C(=O)Cc3ccccc3F)CC2)CC1C(=O)NC1CCCC1. The number of benzene rings is 1. The van der Waals surface area contributed by atoms with E-state index in [2.05, 4.69) is 5.32 Å². The average Bonchev–Trinajstić information content (AvgIpc) is 3.33. The van der Waals surface area contributed by atoms with Gasteiger partial charge in [0.05, 0.1) is 11.8 Å². The van der Waals surface area contributed by atoms with E-state index in [0.29, 0.717) is 37.9 Å². The fraction of sp³-hybridized carbons (Fsp3) is 0.609. The topological polar surface area (TPSA) is 69.7 Å². The van der Waals surface area contributed by atoms with Crippen LogP contribution in [0.4, 0.5) is 4.39 Å². The number of hydrogen-bond acceptors (Lipinski definition) is 3. The molecule has 0 bridgehead atoms. The maximum Gasteiger partial charge on any atom is 0.243 e. The number of piperidine rings is 1. The molecule has 3 amide bonds. The molecule has 1 aliphatic carbocycles. The number of amides is 3. The highest BCUT2D eigenvalue weighted by atomic mass is 19.1. The van der Waals surface area contributed by atoms with Gasteiger partial charge in [0.1, 0.15) is 11.9 Å². The molecular weight excluding hydrogens is 385 g/mol. The van der Waals surface area contributed by atoms with Gasteiger partial charge in [0, 0.05) is 26.2 Å². The summed E-state index contributed by atoms with van der Waals surface area (Å²) in [6, 6.07) is 6.12. The van der Waals surface area contributed by atoms with Gasteiger partial charge in [0.25, 0.3) is 0 Å². The maximum atomic E-state index is 13.9. The van der Waals surface area contributed by atoms with Crippen molar-refractivity contribution < 1.29 is 18.8 Å². The van der Waals surface area contributed by atoms with Crippen molar-refractivity contribution in [3.63, 3.8) is 0 Å². The van der Waals surface area contributed by atoms with Crippen LogP contribution in [-0.2, 0) is 20.8 Å². The molecule has 1 saturated carbocycles. The van der Waals surface area contributed by atoms with Crippen LogP contribution >= 0.6 is 0 Å². The van der Waals surface area contributed by atoms with Gasteiger partial charge in [-0.2, -0.15) is 0 Å². The first-order valence-corrected chi connectivity index (χ1v) is 11.0. The van der Waals surface area contributed by atoms with Crippen molar-refractivity contribution >= 4 is 17.7 Å². The number of halogens is 1. The molecule has 7 heteroatoms. The Morgan fingerprint density at radius 2 is 1.83 bits per heavy atom. The Hall–Kier alpha value is -2.44. The Balaban J connectivity index is 1.36. The number of nitrogens with zero attached hydrogens (tertiary/aromatic N) is 2. The molecule has 2 aliphatic heterocycles. The molecular formula is C23H30FN3O3. The van der Waals surface area contributed by atoms with E-state index in [4.69, 9.17) is 0 Å². The number of likely N-dealkylation sites (N-methyl/N-ethyl adjacent to an activating group) is 1.